The van der Waals surface area contributed by atoms with Gasteiger partial charge >= 0.3 is 0 Å². The minimum atomic E-state index is -0.341. The van der Waals surface area contributed by atoms with Gasteiger partial charge in [0.15, 0.2) is 11.6 Å². The first-order chi connectivity index (χ1) is 9.70. The summed E-state index contributed by atoms with van der Waals surface area (Å²) >= 11 is 1.45. The Morgan fingerprint density at radius 3 is 2.95 bits per heavy atom. The maximum Gasteiger partial charge on any atom is 0.190 e. The number of rotatable bonds is 3. The molecule has 3 rings (SSSR count). The SMILES string of the molecule is COc1ccsc1-c1onc(N)c1-c1cccc(F)c1. The van der Waals surface area contributed by atoms with E-state index in [0.717, 1.165) is 4.88 Å². The van der Waals surface area contributed by atoms with Crippen LogP contribution in [0.15, 0.2) is 40.2 Å². The number of nitrogen functional groups attached to an aromatic ring is 1. The maximum absolute atomic E-state index is 13.4. The van der Waals surface area contributed by atoms with E-state index in [4.69, 9.17) is 15.0 Å². The highest BCUT2D eigenvalue weighted by Gasteiger charge is 2.21. The smallest absolute Gasteiger partial charge is 0.190 e. The Bertz CT molecular complexity index is 751. The number of nitrogens with two attached hydrogens (primary N) is 1. The molecule has 0 amide bonds. The van der Waals surface area contributed by atoms with Crippen molar-refractivity contribution in [3.63, 3.8) is 0 Å². The van der Waals surface area contributed by atoms with Crippen LogP contribution in [-0.2, 0) is 0 Å². The number of aromatic nitrogens is 1. The second kappa shape index (κ2) is 4.97. The Labute approximate surface area is 118 Å². The summed E-state index contributed by atoms with van der Waals surface area (Å²) in [5.74, 6) is 1.04. The molecule has 2 aromatic heterocycles. The first-order valence-electron chi connectivity index (χ1n) is 5.83. The molecule has 0 spiro atoms. The van der Waals surface area contributed by atoms with Crippen LogP contribution in [-0.4, -0.2) is 12.3 Å². The van der Waals surface area contributed by atoms with E-state index >= 15 is 0 Å². The summed E-state index contributed by atoms with van der Waals surface area (Å²) in [5.41, 5.74) is 7.05. The van der Waals surface area contributed by atoms with Crippen LogP contribution < -0.4 is 10.5 Å². The lowest BCUT2D eigenvalue weighted by atomic mass is 10.0. The third-order valence-electron chi connectivity index (χ3n) is 2.89. The van der Waals surface area contributed by atoms with Crippen LogP contribution in [0.4, 0.5) is 10.2 Å². The summed E-state index contributed by atoms with van der Waals surface area (Å²) in [4.78, 5) is 0.774. The van der Waals surface area contributed by atoms with Crippen molar-refractivity contribution in [3.8, 4) is 27.5 Å². The van der Waals surface area contributed by atoms with Gasteiger partial charge in [0.05, 0.1) is 12.7 Å². The van der Waals surface area contributed by atoms with Gasteiger partial charge in [0.1, 0.15) is 16.4 Å². The molecular formula is C14H11FN2O2S. The van der Waals surface area contributed by atoms with Gasteiger partial charge < -0.3 is 15.0 Å². The summed E-state index contributed by atoms with van der Waals surface area (Å²) < 4.78 is 24.0. The molecule has 0 atom stereocenters. The van der Waals surface area contributed by atoms with Gasteiger partial charge in [-0.2, -0.15) is 0 Å². The Kier molecular flexibility index (Phi) is 3.15. The molecule has 102 valence electrons. The lowest BCUT2D eigenvalue weighted by Gasteiger charge is -2.03. The van der Waals surface area contributed by atoms with E-state index in [9.17, 15) is 4.39 Å². The maximum atomic E-state index is 13.4. The molecular weight excluding hydrogens is 279 g/mol. The van der Waals surface area contributed by atoms with Gasteiger partial charge in [-0.15, -0.1) is 11.3 Å². The van der Waals surface area contributed by atoms with Crippen molar-refractivity contribution >= 4 is 17.2 Å². The Morgan fingerprint density at radius 2 is 2.20 bits per heavy atom. The van der Waals surface area contributed by atoms with E-state index in [-0.39, 0.29) is 11.6 Å². The quantitative estimate of drug-likeness (QED) is 0.797. The van der Waals surface area contributed by atoms with Crippen molar-refractivity contribution in [1.29, 1.82) is 0 Å². The molecule has 0 saturated carbocycles. The summed E-state index contributed by atoms with van der Waals surface area (Å²) in [6.07, 6.45) is 0. The molecule has 20 heavy (non-hydrogen) atoms. The Hall–Kier alpha value is -2.34. The van der Waals surface area contributed by atoms with Gasteiger partial charge in [0, 0.05) is 0 Å². The molecule has 6 heteroatoms. The van der Waals surface area contributed by atoms with Crippen molar-refractivity contribution in [2.24, 2.45) is 0 Å². The van der Waals surface area contributed by atoms with E-state index in [1.807, 2.05) is 11.4 Å². The normalized spacial score (nSPS) is 10.7. The van der Waals surface area contributed by atoms with Gasteiger partial charge in [-0.3, -0.25) is 0 Å². The van der Waals surface area contributed by atoms with Crippen molar-refractivity contribution in [1.82, 2.24) is 5.16 Å². The van der Waals surface area contributed by atoms with Crippen LogP contribution >= 0.6 is 11.3 Å². The van der Waals surface area contributed by atoms with E-state index in [1.165, 1.54) is 23.5 Å². The molecule has 0 unspecified atom stereocenters. The van der Waals surface area contributed by atoms with Crippen LogP contribution in [0.1, 0.15) is 0 Å². The average Bonchev–Trinajstić information content (AvgIpc) is 3.04. The summed E-state index contributed by atoms with van der Waals surface area (Å²) in [7, 11) is 1.58. The second-order valence-corrected chi connectivity index (χ2v) is 5.02. The molecule has 2 heterocycles. The molecule has 3 aromatic rings. The molecule has 0 aliphatic heterocycles. The summed E-state index contributed by atoms with van der Waals surface area (Å²) in [6.45, 7) is 0. The van der Waals surface area contributed by atoms with Crippen LogP contribution in [0.5, 0.6) is 5.75 Å². The van der Waals surface area contributed by atoms with E-state index < -0.39 is 0 Å². The predicted octanol–water partition coefficient (Wildman–Crippen LogP) is 3.80. The molecule has 0 aliphatic rings. The van der Waals surface area contributed by atoms with E-state index in [2.05, 4.69) is 5.16 Å². The van der Waals surface area contributed by atoms with Gasteiger partial charge in [0.2, 0.25) is 0 Å². The lowest BCUT2D eigenvalue weighted by Crippen LogP contribution is -1.89. The minimum absolute atomic E-state index is 0.223. The molecule has 4 nitrogen and oxygen atoms in total. The topological polar surface area (TPSA) is 61.3 Å². The molecule has 0 bridgehead atoms. The van der Waals surface area contributed by atoms with E-state index in [1.54, 1.807) is 19.2 Å². The van der Waals surface area contributed by atoms with Crippen molar-refractivity contribution < 1.29 is 13.7 Å². The lowest BCUT2D eigenvalue weighted by molar-refractivity contribution is 0.409. The number of hydrogen-bond donors (Lipinski definition) is 1. The Morgan fingerprint density at radius 1 is 1.35 bits per heavy atom. The number of anilines is 1. The van der Waals surface area contributed by atoms with Crippen LogP contribution in [0.2, 0.25) is 0 Å². The third kappa shape index (κ3) is 2.04. The first kappa shape index (κ1) is 12.7. The zero-order chi connectivity index (χ0) is 14.1. The number of halogens is 1. The van der Waals surface area contributed by atoms with Crippen LogP contribution in [0.25, 0.3) is 21.8 Å². The average molecular weight is 290 g/mol. The molecule has 2 N–H and O–H groups in total. The van der Waals surface area contributed by atoms with Crippen LogP contribution in [0, 0.1) is 5.82 Å². The highest BCUT2D eigenvalue weighted by molar-refractivity contribution is 7.14. The third-order valence-corrected chi connectivity index (χ3v) is 3.78. The minimum Gasteiger partial charge on any atom is -0.495 e. The highest BCUT2D eigenvalue weighted by atomic mass is 32.1. The number of nitrogens with zero attached hydrogens (tertiary/aromatic N) is 1. The van der Waals surface area contributed by atoms with Gasteiger partial charge in [-0.1, -0.05) is 17.3 Å². The fourth-order valence-corrected chi connectivity index (χ4v) is 2.85. The largest absolute Gasteiger partial charge is 0.495 e. The number of methoxy groups -OCH3 is 1. The second-order valence-electron chi connectivity index (χ2n) is 4.10. The van der Waals surface area contributed by atoms with E-state index in [0.29, 0.717) is 22.6 Å². The molecule has 0 aliphatic carbocycles. The summed E-state index contributed by atoms with van der Waals surface area (Å²) in [5, 5.41) is 5.66. The molecule has 0 fully saturated rings. The van der Waals surface area contributed by atoms with Gasteiger partial charge in [-0.05, 0) is 29.1 Å². The zero-order valence-electron chi connectivity index (χ0n) is 10.6. The number of hydrogen-bond acceptors (Lipinski definition) is 5. The molecule has 1 aromatic carbocycles. The van der Waals surface area contributed by atoms with Gasteiger partial charge in [0.25, 0.3) is 0 Å². The fourth-order valence-electron chi connectivity index (χ4n) is 2.00. The number of thiophene rings is 1. The predicted molar refractivity (Wildman–Crippen MR) is 76.2 cm³/mol. The van der Waals surface area contributed by atoms with Crippen molar-refractivity contribution in [2.75, 3.05) is 12.8 Å². The molecule has 0 saturated heterocycles. The molecule has 0 radical (unpaired) electrons. The number of ether oxygens (including phenoxy) is 1. The van der Waals surface area contributed by atoms with Crippen molar-refractivity contribution in [3.05, 3.63) is 41.5 Å². The van der Waals surface area contributed by atoms with Gasteiger partial charge in [-0.25, -0.2) is 4.39 Å². The fraction of sp³-hybridized carbons (Fsp3) is 0.0714. The van der Waals surface area contributed by atoms with Crippen LogP contribution in [0.3, 0.4) is 0 Å². The Balaban J connectivity index is 2.20. The van der Waals surface area contributed by atoms with Crippen molar-refractivity contribution in [2.45, 2.75) is 0 Å². The standard InChI is InChI=1S/C14H11FN2O2S/c1-18-10-5-6-20-13(10)12-11(14(16)17-19-12)8-3-2-4-9(15)7-8/h2-7H,1H3,(H2,16,17). The monoisotopic (exact) mass is 290 g/mol. The summed E-state index contributed by atoms with van der Waals surface area (Å²) in [6, 6.07) is 7.97. The first-order valence-corrected chi connectivity index (χ1v) is 6.71. The zero-order valence-corrected chi connectivity index (χ0v) is 11.4. The highest BCUT2D eigenvalue weighted by Crippen LogP contribution is 2.43. The number of benzene rings is 1.